The highest BCUT2D eigenvalue weighted by molar-refractivity contribution is 5.88. The minimum atomic E-state index is -4.99. The number of amides is 2. The number of carbonyl (C=O) groups excluding carboxylic acids is 2. The number of nitriles is 1. The highest BCUT2D eigenvalue weighted by Crippen LogP contribution is 2.38. The molecule has 222 valence electrons. The smallest absolute Gasteiger partial charge is 0.350 e. The fourth-order valence-electron chi connectivity index (χ4n) is 5.34. The lowest BCUT2D eigenvalue weighted by molar-refractivity contribution is -0.143. The van der Waals surface area contributed by atoms with E-state index >= 15 is 0 Å². The third-order valence-electron chi connectivity index (χ3n) is 7.68. The molecule has 0 unspecified atom stereocenters. The van der Waals surface area contributed by atoms with Gasteiger partial charge in [0.05, 0.1) is 22.6 Å². The highest BCUT2D eigenvalue weighted by atomic mass is 19.4. The van der Waals surface area contributed by atoms with Crippen molar-refractivity contribution in [3.63, 3.8) is 0 Å². The molecule has 11 heteroatoms. The van der Waals surface area contributed by atoms with Crippen LogP contribution < -0.4 is 5.32 Å². The minimum absolute atomic E-state index is 0.0321. The lowest BCUT2D eigenvalue weighted by Gasteiger charge is -2.31. The number of rotatable bonds is 10. The molecule has 0 bridgehead atoms. The van der Waals surface area contributed by atoms with Crippen molar-refractivity contribution < 1.29 is 35.9 Å². The van der Waals surface area contributed by atoms with E-state index in [1.165, 1.54) is 4.90 Å². The summed E-state index contributed by atoms with van der Waals surface area (Å²) in [6.45, 7) is 3.75. The van der Waals surface area contributed by atoms with Gasteiger partial charge in [-0.1, -0.05) is 50.6 Å². The average molecular weight is 582 g/mol. The third-order valence-corrected chi connectivity index (χ3v) is 7.68. The van der Waals surface area contributed by atoms with E-state index in [1.807, 2.05) is 44.2 Å². The van der Waals surface area contributed by atoms with Crippen LogP contribution in [0.1, 0.15) is 74.6 Å². The maximum atomic E-state index is 13.1. The molecular weight excluding hydrogens is 548 g/mol. The van der Waals surface area contributed by atoms with E-state index in [2.05, 4.69) is 11.4 Å². The first-order valence-electron chi connectivity index (χ1n) is 13.5. The number of benzene rings is 2. The quantitative estimate of drug-likeness (QED) is 0.242. The predicted octanol–water partition coefficient (Wildman–Crippen LogP) is 7.01. The molecule has 0 spiro atoms. The second kappa shape index (κ2) is 13.0. The predicted molar refractivity (Wildman–Crippen MR) is 140 cm³/mol. The van der Waals surface area contributed by atoms with Crippen molar-refractivity contribution in [1.29, 1.82) is 5.26 Å². The summed E-state index contributed by atoms with van der Waals surface area (Å²) >= 11 is 0. The van der Waals surface area contributed by atoms with Crippen LogP contribution in [-0.4, -0.2) is 29.3 Å². The van der Waals surface area contributed by atoms with Gasteiger partial charge in [0.15, 0.2) is 0 Å². The number of alkyl halides is 6. The molecule has 1 fully saturated rings. The van der Waals surface area contributed by atoms with E-state index in [0.29, 0.717) is 50.8 Å². The molecule has 2 amide bonds. The van der Waals surface area contributed by atoms with Gasteiger partial charge in [0.1, 0.15) is 6.04 Å². The summed E-state index contributed by atoms with van der Waals surface area (Å²) in [4.78, 5) is 27.2. The summed E-state index contributed by atoms with van der Waals surface area (Å²) in [5, 5.41) is 12.4. The van der Waals surface area contributed by atoms with Crippen molar-refractivity contribution >= 4 is 11.8 Å². The first-order valence-corrected chi connectivity index (χ1v) is 13.5. The Morgan fingerprint density at radius 3 is 2.12 bits per heavy atom. The molecule has 1 saturated heterocycles. The van der Waals surface area contributed by atoms with Crippen LogP contribution in [0.15, 0.2) is 48.5 Å². The summed E-state index contributed by atoms with van der Waals surface area (Å²) in [6, 6.07) is 12.3. The van der Waals surface area contributed by atoms with Crippen LogP contribution >= 0.6 is 0 Å². The van der Waals surface area contributed by atoms with Gasteiger partial charge in [-0.3, -0.25) is 9.59 Å². The van der Waals surface area contributed by atoms with Gasteiger partial charge in [-0.05, 0) is 60.9 Å². The second-order valence-corrected chi connectivity index (χ2v) is 10.7. The molecule has 3 rings (SSSR count). The number of likely N-dealkylation sites (tertiary alicyclic amines) is 1. The van der Waals surface area contributed by atoms with Gasteiger partial charge in [0.25, 0.3) is 0 Å². The standard InChI is InChI=1S/C30H33F6N3O2/c1-20(2)28(19-37,22-9-4-3-5-10-22)13-7-6-12-26(40)39-14-8-11-25(39)27(41)38-18-21-15-23(29(31,32)33)17-24(16-21)30(34,35)36/h3-5,9-10,15-17,20,25H,6-8,11-14,18H2,1-2H3,(H,38,41)/t25-,28+/m1/s1. The third kappa shape index (κ3) is 7.80. The Morgan fingerprint density at radius 1 is 0.976 bits per heavy atom. The van der Waals surface area contributed by atoms with Crippen molar-refractivity contribution in [1.82, 2.24) is 10.2 Å². The SMILES string of the molecule is CC(C)[C@@](C#N)(CCCCC(=O)N1CCC[C@@H]1C(=O)NCc1cc(C(F)(F)F)cc(C(F)(F)F)c1)c1ccccc1. The van der Waals surface area contributed by atoms with E-state index in [0.717, 1.165) is 5.56 Å². The molecule has 1 heterocycles. The Hall–Kier alpha value is -3.55. The number of halogens is 6. The van der Waals surface area contributed by atoms with E-state index in [9.17, 15) is 41.2 Å². The number of nitrogens with zero attached hydrogens (tertiary/aromatic N) is 2. The summed E-state index contributed by atoms with van der Waals surface area (Å²) in [5.41, 5.74) is -3.04. The topological polar surface area (TPSA) is 73.2 Å². The first-order chi connectivity index (χ1) is 19.2. The molecule has 41 heavy (non-hydrogen) atoms. The molecule has 2 aromatic carbocycles. The zero-order valence-electron chi connectivity index (χ0n) is 22.9. The molecule has 0 aromatic heterocycles. The molecule has 1 N–H and O–H groups in total. The molecule has 0 radical (unpaired) electrons. The number of nitrogens with one attached hydrogen (secondary N) is 1. The van der Waals surface area contributed by atoms with Crippen molar-refractivity contribution in [2.75, 3.05) is 6.54 Å². The molecule has 2 aromatic rings. The molecule has 0 saturated carbocycles. The Labute approximate surface area is 235 Å². The normalized spacial score (nSPS) is 17.3. The lowest BCUT2D eigenvalue weighted by atomic mass is 9.69. The Bertz CT molecular complexity index is 1220. The van der Waals surface area contributed by atoms with E-state index in [4.69, 9.17) is 0 Å². The van der Waals surface area contributed by atoms with Gasteiger partial charge >= 0.3 is 12.4 Å². The molecule has 2 atom stereocenters. The van der Waals surface area contributed by atoms with Crippen molar-refractivity contribution in [2.24, 2.45) is 5.92 Å². The Morgan fingerprint density at radius 2 is 1.59 bits per heavy atom. The fraction of sp³-hybridized carbons (Fsp3) is 0.500. The number of hydrogen-bond donors (Lipinski definition) is 1. The zero-order chi connectivity index (χ0) is 30.4. The second-order valence-electron chi connectivity index (χ2n) is 10.7. The van der Waals surface area contributed by atoms with Crippen LogP contribution in [-0.2, 0) is 33.9 Å². The summed E-state index contributed by atoms with van der Waals surface area (Å²) < 4.78 is 78.9. The van der Waals surface area contributed by atoms with Gasteiger partial charge < -0.3 is 10.2 Å². The van der Waals surface area contributed by atoms with Crippen LogP contribution in [0, 0.1) is 17.2 Å². The maximum Gasteiger partial charge on any atom is 0.416 e. The monoisotopic (exact) mass is 581 g/mol. The molecule has 5 nitrogen and oxygen atoms in total. The highest BCUT2D eigenvalue weighted by Gasteiger charge is 2.38. The largest absolute Gasteiger partial charge is 0.416 e. The summed E-state index contributed by atoms with van der Waals surface area (Å²) in [6.07, 6.45) is -7.28. The van der Waals surface area contributed by atoms with Gasteiger partial charge in [0.2, 0.25) is 11.8 Å². The molecule has 1 aliphatic heterocycles. The lowest BCUT2D eigenvalue weighted by Crippen LogP contribution is -2.45. The van der Waals surface area contributed by atoms with E-state index in [1.54, 1.807) is 0 Å². The number of unbranched alkanes of at least 4 members (excludes halogenated alkanes) is 1. The first kappa shape index (κ1) is 32.0. The van der Waals surface area contributed by atoms with Gasteiger partial charge in [-0.15, -0.1) is 0 Å². The van der Waals surface area contributed by atoms with Crippen LogP contribution in [0.2, 0.25) is 0 Å². The fourth-order valence-corrected chi connectivity index (χ4v) is 5.34. The molecule has 0 aliphatic carbocycles. The van der Waals surface area contributed by atoms with Gasteiger partial charge in [-0.25, -0.2) is 0 Å². The van der Waals surface area contributed by atoms with Crippen LogP contribution in [0.3, 0.4) is 0 Å². The number of hydrogen-bond acceptors (Lipinski definition) is 3. The summed E-state index contributed by atoms with van der Waals surface area (Å²) in [5.74, 6) is -0.844. The maximum absolute atomic E-state index is 13.1. The van der Waals surface area contributed by atoms with Crippen molar-refractivity contribution in [2.45, 2.75) is 82.7 Å². The van der Waals surface area contributed by atoms with Gasteiger partial charge in [0, 0.05) is 19.5 Å². The van der Waals surface area contributed by atoms with Crippen LogP contribution in [0.4, 0.5) is 26.3 Å². The Balaban J connectivity index is 1.59. The minimum Gasteiger partial charge on any atom is -0.350 e. The zero-order valence-corrected chi connectivity index (χ0v) is 22.9. The van der Waals surface area contributed by atoms with E-state index < -0.39 is 47.4 Å². The average Bonchev–Trinajstić information content (AvgIpc) is 3.41. The van der Waals surface area contributed by atoms with Crippen LogP contribution in [0.25, 0.3) is 0 Å². The van der Waals surface area contributed by atoms with E-state index in [-0.39, 0.29) is 29.9 Å². The molecular formula is C30H33F6N3O2. The Kier molecular flexibility index (Phi) is 10.1. The van der Waals surface area contributed by atoms with Crippen molar-refractivity contribution in [3.8, 4) is 6.07 Å². The molecule has 1 aliphatic rings. The number of carbonyl (C=O) groups is 2. The van der Waals surface area contributed by atoms with Crippen LogP contribution in [0.5, 0.6) is 0 Å². The van der Waals surface area contributed by atoms with Gasteiger partial charge in [-0.2, -0.15) is 31.6 Å². The van der Waals surface area contributed by atoms with Crippen molar-refractivity contribution in [3.05, 3.63) is 70.8 Å². The summed E-state index contributed by atoms with van der Waals surface area (Å²) in [7, 11) is 0.